The van der Waals surface area contributed by atoms with Gasteiger partial charge in [0.25, 0.3) is 5.91 Å². The molecule has 1 aliphatic rings. The first-order valence-corrected chi connectivity index (χ1v) is 6.61. The van der Waals surface area contributed by atoms with E-state index >= 15 is 0 Å². The van der Waals surface area contributed by atoms with Crippen LogP contribution < -0.4 is 5.32 Å². The molecule has 0 aliphatic carbocycles. The number of amides is 1. The first kappa shape index (κ1) is 13.6. The largest absolute Gasteiger partial charge is 0.488 e. The van der Waals surface area contributed by atoms with Crippen LogP contribution in [-0.2, 0) is 9.53 Å². The van der Waals surface area contributed by atoms with E-state index < -0.39 is 6.10 Å². The van der Waals surface area contributed by atoms with Crippen molar-refractivity contribution < 1.29 is 14.6 Å². The Labute approximate surface area is 113 Å². The molecule has 0 saturated heterocycles. The van der Waals surface area contributed by atoms with Crippen LogP contribution in [0, 0.1) is 0 Å². The minimum Gasteiger partial charge on any atom is -0.488 e. The van der Waals surface area contributed by atoms with E-state index in [0.717, 1.165) is 18.4 Å². The lowest BCUT2D eigenvalue weighted by molar-refractivity contribution is -0.121. The highest BCUT2D eigenvalue weighted by Crippen LogP contribution is 2.15. The molecule has 0 fully saturated rings. The van der Waals surface area contributed by atoms with Crippen LogP contribution in [-0.4, -0.2) is 24.2 Å². The fraction of sp³-hybridized carbons (Fsp3) is 0.400. The number of rotatable bonds is 5. The number of carbonyl (C=O) groups excluding carboxylic acids is 1. The molecular weight excluding hydrogens is 242 g/mol. The second-order valence-electron chi connectivity index (χ2n) is 4.53. The summed E-state index contributed by atoms with van der Waals surface area (Å²) in [7, 11) is 0. The zero-order valence-corrected chi connectivity index (χ0v) is 10.8. The first-order valence-electron chi connectivity index (χ1n) is 6.61. The van der Waals surface area contributed by atoms with E-state index in [1.807, 2.05) is 36.4 Å². The zero-order chi connectivity index (χ0) is 13.5. The third-order valence-corrected chi connectivity index (χ3v) is 3.05. The van der Waals surface area contributed by atoms with E-state index in [4.69, 9.17) is 4.74 Å². The zero-order valence-electron chi connectivity index (χ0n) is 10.8. The van der Waals surface area contributed by atoms with Crippen molar-refractivity contribution in [2.24, 2.45) is 0 Å². The van der Waals surface area contributed by atoms with Crippen molar-refractivity contribution in [3.8, 4) is 0 Å². The number of ether oxygens (including phenoxy) is 1. The molecule has 1 aromatic carbocycles. The van der Waals surface area contributed by atoms with Crippen molar-refractivity contribution in [2.75, 3.05) is 13.2 Å². The lowest BCUT2D eigenvalue weighted by atomic mass is 10.1. The number of allylic oxidation sites excluding steroid dienone is 1. The number of hydrogen-bond acceptors (Lipinski definition) is 3. The summed E-state index contributed by atoms with van der Waals surface area (Å²) >= 11 is 0. The summed E-state index contributed by atoms with van der Waals surface area (Å²) in [4.78, 5) is 11.7. The summed E-state index contributed by atoms with van der Waals surface area (Å²) in [6, 6.07) is 9.43. The van der Waals surface area contributed by atoms with Crippen LogP contribution in [0.4, 0.5) is 0 Å². The van der Waals surface area contributed by atoms with E-state index in [0.29, 0.717) is 25.3 Å². The Balaban J connectivity index is 1.74. The van der Waals surface area contributed by atoms with Gasteiger partial charge in [0, 0.05) is 6.54 Å². The molecule has 1 aromatic rings. The number of carbonyl (C=O) groups is 1. The quantitative estimate of drug-likeness (QED) is 0.851. The van der Waals surface area contributed by atoms with E-state index in [2.05, 4.69) is 5.32 Å². The molecule has 0 aromatic heterocycles. The molecule has 4 nitrogen and oxygen atoms in total. The lowest BCUT2D eigenvalue weighted by Crippen LogP contribution is -2.29. The van der Waals surface area contributed by atoms with Crippen LogP contribution in [0.5, 0.6) is 0 Å². The number of aliphatic hydroxyl groups excluding tert-OH is 1. The molecule has 19 heavy (non-hydrogen) atoms. The minimum absolute atomic E-state index is 0.194. The Morgan fingerprint density at radius 2 is 2.16 bits per heavy atom. The fourth-order valence-corrected chi connectivity index (χ4v) is 1.97. The minimum atomic E-state index is -0.553. The summed E-state index contributed by atoms with van der Waals surface area (Å²) < 4.78 is 5.27. The van der Waals surface area contributed by atoms with Gasteiger partial charge >= 0.3 is 0 Å². The predicted octanol–water partition coefficient (Wildman–Crippen LogP) is 1.92. The predicted molar refractivity (Wildman–Crippen MR) is 72.3 cm³/mol. The Morgan fingerprint density at radius 1 is 1.37 bits per heavy atom. The van der Waals surface area contributed by atoms with Gasteiger partial charge in [-0.25, -0.2) is 0 Å². The highest BCUT2D eigenvalue weighted by molar-refractivity contribution is 5.91. The molecule has 1 amide bonds. The van der Waals surface area contributed by atoms with Crippen LogP contribution in [0.25, 0.3) is 0 Å². The van der Waals surface area contributed by atoms with Crippen molar-refractivity contribution in [1.82, 2.24) is 5.32 Å². The maximum atomic E-state index is 11.7. The SMILES string of the molecule is O=C(NCCC(O)c1ccccc1)C1=CCCCO1. The number of benzene rings is 1. The summed E-state index contributed by atoms with van der Waals surface area (Å²) in [6.07, 6.45) is 3.59. The Bertz CT molecular complexity index is 442. The summed E-state index contributed by atoms with van der Waals surface area (Å²) in [5.41, 5.74) is 0.866. The number of nitrogens with one attached hydrogen (secondary N) is 1. The molecule has 1 heterocycles. The van der Waals surface area contributed by atoms with Gasteiger partial charge in [0.15, 0.2) is 5.76 Å². The Morgan fingerprint density at radius 3 is 2.84 bits per heavy atom. The monoisotopic (exact) mass is 261 g/mol. The molecule has 1 aliphatic heterocycles. The van der Waals surface area contributed by atoms with Gasteiger partial charge in [0.1, 0.15) is 0 Å². The van der Waals surface area contributed by atoms with Gasteiger partial charge in [-0.15, -0.1) is 0 Å². The molecule has 102 valence electrons. The Hall–Kier alpha value is -1.81. The average Bonchev–Trinajstić information content (AvgIpc) is 2.49. The molecular formula is C15H19NO3. The number of hydrogen-bond donors (Lipinski definition) is 2. The Kier molecular flexibility index (Phi) is 4.98. The van der Waals surface area contributed by atoms with Crippen LogP contribution >= 0.6 is 0 Å². The highest BCUT2D eigenvalue weighted by atomic mass is 16.5. The van der Waals surface area contributed by atoms with Gasteiger partial charge in [-0.1, -0.05) is 30.3 Å². The normalized spacial score (nSPS) is 16.2. The van der Waals surface area contributed by atoms with Gasteiger partial charge in [-0.3, -0.25) is 4.79 Å². The van der Waals surface area contributed by atoms with Crippen LogP contribution in [0.1, 0.15) is 30.9 Å². The van der Waals surface area contributed by atoms with Gasteiger partial charge in [0.2, 0.25) is 0 Å². The van der Waals surface area contributed by atoms with Gasteiger partial charge in [-0.05, 0) is 30.9 Å². The first-order chi connectivity index (χ1) is 9.27. The molecule has 1 atom stereocenters. The van der Waals surface area contributed by atoms with Gasteiger partial charge < -0.3 is 15.2 Å². The highest BCUT2D eigenvalue weighted by Gasteiger charge is 2.14. The van der Waals surface area contributed by atoms with Gasteiger partial charge in [0.05, 0.1) is 12.7 Å². The van der Waals surface area contributed by atoms with Crippen molar-refractivity contribution in [3.05, 3.63) is 47.7 Å². The molecule has 2 rings (SSSR count). The lowest BCUT2D eigenvalue weighted by Gasteiger charge is -2.15. The fourth-order valence-electron chi connectivity index (χ4n) is 1.97. The second-order valence-corrected chi connectivity index (χ2v) is 4.53. The third kappa shape index (κ3) is 4.10. The summed E-state index contributed by atoms with van der Waals surface area (Å²) in [5.74, 6) is 0.209. The second kappa shape index (κ2) is 6.95. The molecule has 2 N–H and O–H groups in total. The maximum absolute atomic E-state index is 11.7. The number of aliphatic hydroxyl groups is 1. The molecule has 0 bridgehead atoms. The van der Waals surface area contributed by atoms with Crippen LogP contribution in [0.15, 0.2) is 42.2 Å². The van der Waals surface area contributed by atoms with E-state index in [1.165, 1.54) is 0 Å². The molecule has 1 unspecified atom stereocenters. The third-order valence-electron chi connectivity index (χ3n) is 3.05. The molecule has 4 heteroatoms. The van der Waals surface area contributed by atoms with E-state index in [1.54, 1.807) is 0 Å². The topological polar surface area (TPSA) is 58.6 Å². The van der Waals surface area contributed by atoms with E-state index in [-0.39, 0.29) is 5.91 Å². The standard InChI is InChI=1S/C15H19NO3/c17-13(12-6-2-1-3-7-12)9-10-16-15(18)14-8-4-5-11-19-14/h1-3,6-8,13,17H,4-5,9-11H2,(H,16,18). The van der Waals surface area contributed by atoms with Crippen molar-refractivity contribution in [1.29, 1.82) is 0 Å². The average molecular weight is 261 g/mol. The van der Waals surface area contributed by atoms with Crippen LogP contribution in [0.2, 0.25) is 0 Å². The van der Waals surface area contributed by atoms with E-state index in [9.17, 15) is 9.90 Å². The van der Waals surface area contributed by atoms with Gasteiger partial charge in [-0.2, -0.15) is 0 Å². The van der Waals surface area contributed by atoms with Crippen LogP contribution in [0.3, 0.4) is 0 Å². The summed E-state index contributed by atoms with van der Waals surface area (Å²) in [5, 5.41) is 12.7. The maximum Gasteiger partial charge on any atom is 0.286 e. The molecule has 0 radical (unpaired) electrons. The van der Waals surface area contributed by atoms with Crippen molar-refractivity contribution >= 4 is 5.91 Å². The van der Waals surface area contributed by atoms with Crippen molar-refractivity contribution in [2.45, 2.75) is 25.4 Å². The summed E-state index contributed by atoms with van der Waals surface area (Å²) in [6.45, 7) is 1.03. The molecule has 0 spiro atoms. The smallest absolute Gasteiger partial charge is 0.286 e. The van der Waals surface area contributed by atoms with Crippen molar-refractivity contribution in [3.63, 3.8) is 0 Å². The molecule has 0 saturated carbocycles.